The molecular weight excluding hydrogens is 276 g/mol. The van der Waals surface area contributed by atoms with Gasteiger partial charge in [-0.1, -0.05) is 29.8 Å². The first-order valence-corrected chi connectivity index (χ1v) is 7.41. The molecule has 0 saturated carbocycles. The molecule has 20 heavy (non-hydrogen) atoms. The van der Waals surface area contributed by atoms with Crippen molar-refractivity contribution in [1.29, 1.82) is 0 Å². The quantitative estimate of drug-likeness (QED) is 0.857. The molecule has 0 aliphatic carbocycles. The van der Waals surface area contributed by atoms with Gasteiger partial charge in [-0.15, -0.1) is 0 Å². The molecule has 1 saturated heterocycles. The Hall–Kier alpha value is -1.10. The Morgan fingerprint density at radius 2 is 2.00 bits per heavy atom. The molecule has 3 atom stereocenters. The maximum absolute atomic E-state index is 12.0. The van der Waals surface area contributed by atoms with Gasteiger partial charge in [0.05, 0.1) is 0 Å². The highest BCUT2D eigenvalue weighted by molar-refractivity contribution is 6.31. The van der Waals surface area contributed by atoms with Crippen molar-refractivity contribution in [2.75, 3.05) is 19.6 Å². The van der Waals surface area contributed by atoms with Gasteiger partial charge in [0.1, 0.15) is 25.3 Å². The monoisotopic (exact) mass is 297 g/mol. The fraction of sp³-hybridized carbons (Fsp3) is 0.533. The number of carbonyl (C=O) groups is 1. The molecule has 0 bridgehead atoms. The van der Waals surface area contributed by atoms with Crippen molar-refractivity contribution in [3.63, 3.8) is 0 Å². The third kappa shape index (κ3) is 4.47. The molecule has 5 heteroatoms. The number of carbonyl (C=O) groups excluding carboxylic acids is 1. The van der Waals surface area contributed by atoms with Crippen LogP contribution in [0, 0.1) is 0 Å². The van der Waals surface area contributed by atoms with Gasteiger partial charge in [0.2, 0.25) is 0 Å². The third-order valence-corrected chi connectivity index (χ3v) is 3.83. The van der Waals surface area contributed by atoms with Gasteiger partial charge in [-0.25, -0.2) is 0 Å². The van der Waals surface area contributed by atoms with Crippen molar-refractivity contribution in [3.8, 4) is 0 Å². The SMILES string of the molecule is C[C@@H]1C[NH+](CC(=O)NCc2ccccc2Cl)C[C@H](C)O1. The lowest BCUT2D eigenvalue weighted by Gasteiger charge is -2.31. The molecule has 1 fully saturated rings. The highest BCUT2D eigenvalue weighted by Gasteiger charge is 2.26. The van der Waals surface area contributed by atoms with E-state index in [1.807, 2.05) is 24.3 Å². The van der Waals surface area contributed by atoms with Gasteiger partial charge in [0.25, 0.3) is 5.91 Å². The summed E-state index contributed by atoms with van der Waals surface area (Å²) in [4.78, 5) is 13.3. The van der Waals surface area contributed by atoms with Crippen molar-refractivity contribution in [2.24, 2.45) is 0 Å². The van der Waals surface area contributed by atoms with Crippen LogP contribution in [-0.4, -0.2) is 37.7 Å². The maximum Gasteiger partial charge on any atom is 0.275 e. The minimum atomic E-state index is 0.0567. The molecule has 1 aromatic rings. The van der Waals surface area contributed by atoms with Crippen LogP contribution in [0.1, 0.15) is 19.4 Å². The molecule has 2 N–H and O–H groups in total. The molecule has 110 valence electrons. The number of amides is 1. The van der Waals surface area contributed by atoms with Crippen LogP contribution in [0.5, 0.6) is 0 Å². The van der Waals surface area contributed by atoms with Crippen LogP contribution in [0.25, 0.3) is 0 Å². The molecule has 0 aromatic heterocycles. The van der Waals surface area contributed by atoms with E-state index in [9.17, 15) is 4.79 Å². The normalized spacial score (nSPS) is 26.2. The zero-order valence-corrected chi connectivity index (χ0v) is 12.7. The molecule has 1 amide bonds. The van der Waals surface area contributed by atoms with E-state index in [1.165, 1.54) is 4.90 Å². The number of rotatable bonds is 4. The van der Waals surface area contributed by atoms with E-state index in [0.717, 1.165) is 18.7 Å². The molecule has 0 radical (unpaired) electrons. The van der Waals surface area contributed by atoms with Crippen LogP contribution in [0.2, 0.25) is 5.02 Å². The van der Waals surface area contributed by atoms with E-state index in [1.54, 1.807) is 0 Å². The summed E-state index contributed by atoms with van der Waals surface area (Å²) in [6.45, 7) is 6.83. The van der Waals surface area contributed by atoms with Gasteiger partial charge >= 0.3 is 0 Å². The Morgan fingerprint density at radius 3 is 2.65 bits per heavy atom. The molecule has 4 nitrogen and oxygen atoms in total. The Kier molecular flexibility index (Phi) is 5.40. The highest BCUT2D eigenvalue weighted by Crippen LogP contribution is 2.14. The lowest BCUT2D eigenvalue weighted by Crippen LogP contribution is -3.16. The number of nitrogens with one attached hydrogen (secondary N) is 2. The molecule has 1 unspecified atom stereocenters. The fourth-order valence-electron chi connectivity index (χ4n) is 2.66. The Balaban J connectivity index is 1.79. The second-order valence-electron chi connectivity index (χ2n) is 5.46. The van der Waals surface area contributed by atoms with Crippen molar-refractivity contribution >= 4 is 17.5 Å². The number of benzene rings is 1. The lowest BCUT2D eigenvalue weighted by atomic mass is 10.2. The van der Waals surface area contributed by atoms with E-state index in [4.69, 9.17) is 16.3 Å². The summed E-state index contributed by atoms with van der Waals surface area (Å²) in [5.74, 6) is 0.0567. The Bertz CT molecular complexity index is 457. The minimum Gasteiger partial charge on any atom is -0.364 e. The Labute approximate surface area is 125 Å². The average Bonchev–Trinajstić information content (AvgIpc) is 2.36. The van der Waals surface area contributed by atoms with Crippen LogP contribution in [0.4, 0.5) is 0 Å². The topological polar surface area (TPSA) is 42.8 Å². The number of morpholine rings is 1. The summed E-state index contributed by atoms with van der Waals surface area (Å²) in [5, 5.41) is 3.62. The number of hydrogen-bond acceptors (Lipinski definition) is 2. The number of ether oxygens (including phenoxy) is 1. The average molecular weight is 298 g/mol. The summed E-state index contributed by atoms with van der Waals surface area (Å²) in [7, 11) is 0. The first-order valence-electron chi connectivity index (χ1n) is 7.03. The number of hydrogen-bond donors (Lipinski definition) is 2. The van der Waals surface area contributed by atoms with Crippen LogP contribution in [0.3, 0.4) is 0 Å². The highest BCUT2D eigenvalue weighted by atomic mass is 35.5. The molecule has 1 aliphatic rings. The van der Waals surface area contributed by atoms with Crippen LogP contribution in [0.15, 0.2) is 24.3 Å². The smallest absolute Gasteiger partial charge is 0.275 e. The van der Waals surface area contributed by atoms with E-state index in [0.29, 0.717) is 18.1 Å². The summed E-state index contributed by atoms with van der Waals surface area (Å²) in [6, 6.07) is 7.56. The molecular formula is C15H22ClN2O2+. The maximum atomic E-state index is 12.0. The largest absolute Gasteiger partial charge is 0.364 e. The number of quaternary nitrogens is 1. The predicted octanol–water partition coefficient (Wildman–Crippen LogP) is 0.648. The van der Waals surface area contributed by atoms with Crippen LogP contribution in [-0.2, 0) is 16.1 Å². The zero-order valence-electron chi connectivity index (χ0n) is 12.0. The summed E-state index contributed by atoms with van der Waals surface area (Å²) >= 11 is 6.06. The second-order valence-corrected chi connectivity index (χ2v) is 5.87. The molecule has 0 spiro atoms. The van der Waals surface area contributed by atoms with Crippen molar-refractivity contribution < 1.29 is 14.4 Å². The summed E-state index contributed by atoms with van der Waals surface area (Å²) in [5.41, 5.74) is 0.946. The van der Waals surface area contributed by atoms with Gasteiger partial charge < -0.3 is 15.0 Å². The summed E-state index contributed by atoms with van der Waals surface area (Å²) in [6.07, 6.45) is 0.426. The van der Waals surface area contributed by atoms with E-state index >= 15 is 0 Å². The minimum absolute atomic E-state index is 0.0567. The fourth-order valence-corrected chi connectivity index (χ4v) is 2.86. The van der Waals surface area contributed by atoms with Gasteiger partial charge in [-0.2, -0.15) is 0 Å². The van der Waals surface area contributed by atoms with Gasteiger partial charge in [-0.3, -0.25) is 4.79 Å². The first kappa shape index (κ1) is 15.3. The van der Waals surface area contributed by atoms with Crippen LogP contribution >= 0.6 is 11.6 Å². The zero-order chi connectivity index (χ0) is 14.5. The van der Waals surface area contributed by atoms with Crippen molar-refractivity contribution in [3.05, 3.63) is 34.9 Å². The van der Waals surface area contributed by atoms with Crippen molar-refractivity contribution in [1.82, 2.24) is 5.32 Å². The van der Waals surface area contributed by atoms with Crippen molar-refractivity contribution in [2.45, 2.75) is 32.6 Å². The third-order valence-electron chi connectivity index (χ3n) is 3.46. The first-order chi connectivity index (χ1) is 9.54. The van der Waals surface area contributed by atoms with Gasteiger partial charge in [0, 0.05) is 11.6 Å². The molecule has 1 heterocycles. The van der Waals surface area contributed by atoms with Gasteiger partial charge in [0.15, 0.2) is 6.54 Å². The standard InChI is InChI=1S/C15H21ClN2O2/c1-11-8-18(9-12(2)20-11)10-15(19)17-7-13-5-3-4-6-14(13)16/h3-6,11-12H,7-10H2,1-2H3,(H,17,19)/p+1/t11-,12+. The van der Waals surface area contributed by atoms with E-state index in [2.05, 4.69) is 19.2 Å². The molecule has 2 rings (SSSR count). The summed E-state index contributed by atoms with van der Waals surface area (Å²) < 4.78 is 5.67. The Morgan fingerprint density at radius 1 is 1.35 bits per heavy atom. The lowest BCUT2D eigenvalue weighted by molar-refractivity contribution is -0.907. The van der Waals surface area contributed by atoms with Crippen LogP contribution < -0.4 is 10.2 Å². The van der Waals surface area contributed by atoms with E-state index in [-0.39, 0.29) is 18.1 Å². The molecule has 1 aliphatic heterocycles. The number of halogens is 1. The van der Waals surface area contributed by atoms with E-state index < -0.39 is 0 Å². The second kappa shape index (κ2) is 7.07. The molecule has 1 aromatic carbocycles. The predicted molar refractivity (Wildman–Crippen MR) is 78.9 cm³/mol. The van der Waals surface area contributed by atoms with Gasteiger partial charge in [-0.05, 0) is 25.5 Å².